The molecule has 64 valence electrons. The topological polar surface area (TPSA) is 74.6 Å². The maximum absolute atomic E-state index is 8.81. The zero-order valence-corrected chi connectivity index (χ0v) is 10.5. The van der Waals surface area contributed by atoms with Gasteiger partial charge in [0.15, 0.2) is 10.6 Å². The summed E-state index contributed by atoms with van der Waals surface area (Å²) in [6.07, 6.45) is 0. The summed E-state index contributed by atoms with van der Waals surface area (Å²) in [5.41, 5.74) is 0. The van der Waals surface area contributed by atoms with Crippen molar-refractivity contribution in [2.75, 3.05) is 0 Å². The Balaban J connectivity index is -0.0000000886. The van der Waals surface area contributed by atoms with Crippen molar-refractivity contribution >= 4 is 57.0 Å². The fraction of sp³-hybridized carbons (Fsp3) is 0.500. The first-order valence-corrected chi connectivity index (χ1v) is 8.79. The van der Waals surface area contributed by atoms with E-state index in [1.54, 1.807) is 0 Å². The first-order chi connectivity index (χ1) is 4.88. The van der Waals surface area contributed by atoms with Crippen LogP contribution in [0.25, 0.3) is 0 Å². The van der Waals surface area contributed by atoms with E-state index in [0.29, 0.717) is 0 Å². The molecule has 0 aromatic carbocycles. The van der Waals surface area contributed by atoms with E-state index >= 15 is 0 Å². The third kappa shape index (κ3) is 21300. The molecule has 4 nitrogen and oxygen atoms in total. The van der Waals surface area contributed by atoms with Gasteiger partial charge < -0.3 is 35.5 Å². The van der Waals surface area contributed by atoms with Crippen molar-refractivity contribution in [3.63, 3.8) is 0 Å². The van der Waals surface area contributed by atoms with Crippen LogP contribution >= 0.6 is 0 Å². The second kappa shape index (κ2) is 16.6. The van der Waals surface area contributed by atoms with Crippen LogP contribution in [-0.2, 0) is 25.3 Å². The summed E-state index contributed by atoms with van der Waals surface area (Å²) < 4.78 is 0. The first kappa shape index (κ1) is 17.3. The SMILES string of the molecule is O=C(O)[S-].O=C(O)[S-].[CH3][Sn+2][CH3]. The number of rotatable bonds is 0. The average Bonchev–Trinajstić information content (AvgIpc) is 1.60. The van der Waals surface area contributed by atoms with Gasteiger partial charge in [-0.05, 0) is 0 Å². The molecular formula is C4H8O4S2Sn. The van der Waals surface area contributed by atoms with Crippen LogP contribution in [-0.4, -0.2) is 42.0 Å². The average molecular weight is 303 g/mol. The predicted molar refractivity (Wildman–Crippen MR) is 48.3 cm³/mol. The van der Waals surface area contributed by atoms with Gasteiger partial charge in [-0.2, -0.15) is 0 Å². The summed E-state index contributed by atoms with van der Waals surface area (Å²) in [7, 11) is 0. The molecule has 0 unspecified atom stereocenters. The van der Waals surface area contributed by atoms with Crippen LogP contribution in [0.5, 0.6) is 0 Å². The normalized spacial score (nSPS) is 5.27. The molecule has 0 aromatic rings. The second-order valence-corrected chi connectivity index (χ2v) is 4.58. The molecule has 0 radical (unpaired) electrons. The summed E-state index contributed by atoms with van der Waals surface area (Å²) in [4.78, 5) is 22.2. The summed E-state index contributed by atoms with van der Waals surface area (Å²) in [5, 5.41) is 12.0. The van der Waals surface area contributed by atoms with E-state index in [9.17, 15) is 0 Å². The van der Waals surface area contributed by atoms with Crippen molar-refractivity contribution < 1.29 is 19.8 Å². The molecule has 0 heterocycles. The van der Waals surface area contributed by atoms with Crippen LogP contribution in [0.1, 0.15) is 0 Å². The van der Waals surface area contributed by atoms with Crippen molar-refractivity contribution in [3.05, 3.63) is 0 Å². The Morgan fingerprint density at radius 2 is 1.09 bits per heavy atom. The van der Waals surface area contributed by atoms with Crippen molar-refractivity contribution in [1.82, 2.24) is 0 Å². The van der Waals surface area contributed by atoms with Crippen molar-refractivity contribution in [2.45, 2.75) is 9.88 Å². The van der Waals surface area contributed by atoms with Gasteiger partial charge >= 0.3 is 31.0 Å². The van der Waals surface area contributed by atoms with Gasteiger partial charge in [0, 0.05) is 0 Å². The number of carbonyl (C=O) groups is 2. The minimum atomic E-state index is -1.25. The monoisotopic (exact) mass is 304 g/mol. The van der Waals surface area contributed by atoms with Gasteiger partial charge in [0.1, 0.15) is 0 Å². The first-order valence-electron chi connectivity index (χ1n) is 2.26. The van der Waals surface area contributed by atoms with Crippen LogP contribution in [0, 0.1) is 0 Å². The Labute approximate surface area is 86.4 Å². The number of hydrogen-bond acceptors (Lipinski definition) is 4. The molecule has 0 aliphatic carbocycles. The fourth-order valence-electron chi connectivity index (χ4n) is 0. The fourth-order valence-corrected chi connectivity index (χ4v) is 0. The Hall–Kier alpha value is 0.179. The van der Waals surface area contributed by atoms with Gasteiger partial charge in [-0.25, -0.2) is 0 Å². The van der Waals surface area contributed by atoms with E-state index in [2.05, 4.69) is 35.1 Å². The van der Waals surface area contributed by atoms with Crippen LogP contribution in [0.2, 0.25) is 9.88 Å². The number of hydrogen-bond donors (Lipinski definition) is 2. The molecule has 7 heteroatoms. The Morgan fingerprint density at radius 3 is 1.09 bits per heavy atom. The van der Waals surface area contributed by atoms with E-state index in [4.69, 9.17) is 19.8 Å². The number of carboxylic acid groups (broad SMARTS) is 2. The van der Waals surface area contributed by atoms with E-state index in [0.717, 1.165) is 0 Å². The van der Waals surface area contributed by atoms with Gasteiger partial charge in [-0.1, -0.05) is 0 Å². The molecule has 0 aliphatic heterocycles. The summed E-state index contributed by atoms with van der Waals surface area (Å²) in [6, 6.07) is 0. The van der Waals surface area contributed by atoms with Crippen LogP contribution < -0.4 is 0 Å². The van der Waals surface area contributed by atoms with Gasteiger partial charge in [0.2, 0.25) is 0 Å². The third-order valence-corrected chi connectivity index (χ3v) is 0. The zero-order valence-electron chi connectivity index (χ0n) is 6.03. The zero-order chi connectivity index (χ0) is 9.86. The van der Waals surface area contributed by atoms with E-state index < -0.39 is 10.6 Å². The van der Waals surface area contributed by atoms with Gasteiger partial charge in [0.25, 0.3) is 0 Å². The van der Waals surface area contributed by atoms with Gasteiger partial charge in [-0.15, -0.1) is 0 Å². The summed E-state index contributed by atoms with van der Waals surface area (Å²) >= 11 is 7.30. The molecule has 0 amide bonds. The molecule has 0 bridgehead atoms. The summed E-state index contributed by atoms with van der Waals surface area (Å²) in [5.74, 6) is 0. The van der Waals surface area contributed by atoms with E-state index in [-0.39, 0.29) is 21.1 Å². The molecule has 0 aliphatic rings. The van der Waals surface area contributed by atoms with Gasteiger partial charge in [0.05, 0.1) is 0 Å². The molecule has 0 fully saturated rings. The molecule has 0 aromatic heterocycles. The molecule has 0 saturated heterocycles. The molecule has 2 N–H and O–H groups in total. The van der Waals surface area contributed by atoms with Crippen LogP contribution in [0.15, 0.2) is 0 Å². The van der Waals surface area contributed by atoms with Crippen molar-refractivity contribution in [2.24, 2.45) is 0 Å². The molecule has 0 saturated carbocycles. The molecule has 11 heavy (non-hydrogen) atoms. The predicted octanol–water partition coefficient (Wildman–Crippen LogP) is 1.21. The molecule has 0 spiro atoms. The Kier molecular flexibility index (Phi) is 26.2. The Bertz CT molecular complexity index is 88.3. The Morgan fingerprint density at radius 1 is 1.09 bits per heavy atom. The summed E-state index contributed by atoms with van der Waals surface area (Å²) in [6.45, 7) is 0. The standard InChI is InChI=1S/2CH2O2S.2CH3.Sn/c2*2-1(3)4;;;/h2*4H,(H,2,3);2*1H3;/q;;;;+2/p-2. The minimum absolute atomic E-state index is 0.230. The van der Waals surface area contributed by atoms with Crippen LogP contribution in [0.4, 0.5) is 9.59 Å². The van der Waals surface area contributed by atoms with E-state index in [1.165, 1.54) is 0 Å². The molecule has 0 rings (SSSR count). The van der Waals surface area contributed by atoms with Crippen molar-refractivity contribution in [3.8, 4) is 0 Å². The van der Waals surface area contributed by atoms with E-state index in [1.807, 2.05) is 0 Å². The van der Waals surface area contributed by atoms with Crippen LogP contribution in [0.3, 0.4) is 0 Å². The molecular weight excluding hydrogens is 295 g/mol. The third-order valence-electron chi connectivity index (χ3n) is 0. The second-order valence-electron chi connectivity index (χ2n) is 1.03. The molecule has 0 atom stereocenters. The van der Waals surface area contributed by atoms with Gasteiger partial charge in [-0.3, -0.25) is 9.59 Å². The quantitative estimate of drug-likeness (QED) is 0.517. The maximum atomic E-state index is 8.81. The van der Waals surface area contributed by atoms with Crippen molar-refractivity contribution in [1.29, 1.82) is 0 Å².